The van der Waals surface area contributed by atoms with Crippen LogP contribution in [0.2, 0.25) is 0 Å². The number of hydrogen-bond acceptors (Lipinski definition) is 3. The Morgan fingerprint density at radius 2 is 1.83 bits per heavy atom. The number of pyridine rings is 1. The maximum absolute atomic E-state index is 4.32. The molecule has 1 aromatic carbocycles. The van der Waals surface area contributed by atoms with Crippen molar-refractivity contribution in [3.63, 3.8) is 0 Å². The molecule has 120 valence electrons. The Labute approximate surface area is 139 Å². The van der Waals surface area contributed by atoms with Crippen molar-refractivity contribution in [1.82, 2.24) is 14.8 Å². The largest absolute Gasteiger partial charge is 0.302 e. The minimum atomic E-state index is 0.525. The lowest BCUT2D eigenvalue weighted by atomic mass is 9.87. The number of likely N-dealkylation sites (tertiary alicyclic amines) is 2. The summed E-state index contributed by atoms with van der Waals surface area (Å²) in [4.78, 5) is 9.63. The minimum absolute atomic E-state index is 0.525. The van der Waals surface area contributed by atoms with E-state index in [1.165, 1.54) is 50.0 Å². The molecule has 2 aliphatic heterocycles. The van der Waals surface area contributed by atoms with E-state index in [9.17, 15) is 0 Å². The zero-order valence-corrected chi connectivity index (χ0v) is 13.6. The molecule has 3 heteroatoms. The van der Waals surface area contributed by atoms with Crippen molar-refractivity contribution < 1.29 is 0 Å². The Balaban J connectivity index is 1.49. The Kier molecular flexibility index (Phi) is 4.40. The van der Waals surface area contributed by atoms with Crippen LogP contribution in [0, 0.1) is 0 Å². The highest BCUT2D eigenvalue weighted by Gasteiger charge is 2.40. The van der Waals surface area contributed by atoms with Crippen molar-refractivity contribution in [1.29, 1.82) is 0 Å². The van der Waals surface area contributed by atoms with E-state index in [2.05, 4.69) is 57.2 Å². The van der Waals surface area contributed by atoms with Gasteiger partial charge in [-0.05, 0) is 49.5 Å². The van der Waals surface area contributed by atoms with Crippen LogP contribution in [0.25, 0.3) is 0 Å². The quantitative estimate of drug-likeness (QED) is 0.843. The van der Waals surface area contributed by atoms with Crippen LogP contribution < -0.4 is 0 Å². The summed E-state index contributed by atoms with van der Waals surface area (Å²) >= 11 is 0. The van der Waals surface area contributed by atoms with Crippen molar-refractivity contribution in [2.45, 2.75) is 37.9 Å². The van der Waals surface area contributed by atoms with Crippen molar-refractivity contribution in [3.05, 3.63) is 66.0 Å². The lowest BCUT2D eigenvalue weighted by molar-refractivity contribution is -0.0117. The first kappa shape index (κ1) is 14.9. The third kappa shape index (κ3) is 3.31. The molecule has 0 saturated carbocycles. The molecule has 1 aromatic heterocycles. The van der Waals surface area contributed by atoms with Crippen LogP contribution in [0.1, 0.15) is 36.4 Å². The normalized spacial score (nSPS) is 25.4. The molecule has 2 fully saturated rings. The SMILES string of the molecule is c1ccc(CN2C(CN3CCCC3)CC2c2cccnc2)cc1. The standard InChI is InChI=1S/C20H25N3/c1-2-7-17(8-3-1)15-23-19(16-22-11-4-5-12-22)13-20(23)18-9-6-10-21-14-18/h1-3,6-10,14,19-20H,4-5,11-13,15-16H2. The molecule has 0 amide bonds. The van der Waals surface area contributed by atoms with Gasteiger partial charge in [0.2, 0.25) is 0 Å². The van der Waals surface area contributed by atoms with E-state index in [4.69, 9.17) is 0 Å². The van der Waals surface area contributed by atoms with Crippen molar-refractivity contribution in [2.24, 2.45) is 0 Å². The molecule has 2 aromatic rings. The predicted molar refractivity (Wildman–Crippen MR) is 93.0 cm³/mol. The van der Waals surface area contributed by atoms with Gasteiger partial charge in [-0.15, -0.1) is 0 Å². The Morgan fingerprint density at radius 1 is 1.00 bits per heavy atom. The molecule has 0 N–H and O–H groups in total. The highest BCUT2D eigenvalue weighted by atomic mass is 15.3. The first-order chi connectivity index (χ1) is 11.4. The van der Waals surface area contributed by atoms with E-state index in [0.717, 1.165) is 6.54 Å². The molecule has 0 bridgehead atoms. The first-order valence-electron chi connectivity index (χ1n) is 8.82. The molecule has 2 saturated heterocycles. The second-order valence-corrected chi connectivity index (χ2v) is 6.86. The molecule has 2 atom stereocenters. The fraction of sp³-hybridized carbons (Fsp3) is 0.450. The summed E-state index contributed by atoms with van der Waals surface area (Å²) in [6.07, 6.45) is 7.91. The molecular formula is C20H25N3. The molecule has 2 aliphatic rings. The molecular weight excluding hydrogens is 282 g/mol. The average molecular weight is 307 g/mol. The van der Waals surface area contributed by atoms with Gasteiger partial charge in [0.1, 0.15) is 0 Å². The van der Waals surface area contributed by atoms with Gasteiger partial charge in [0.15, 0.2) is 0 Å². The highest BCUT2D eigenvalue weighted by molar-refractivity contribution is 5.21. The van der Waals surface area contributed by atoms with Gasteiger partial charge >= 0.3 is 0 Å². The van der Waals surface area contributed by atoms with E-state index < -0.39 is 0 Å². The third-order valence-corrected chi connectivity index (χ3v) is 5.31. The van der Waals surface area contributed by atoms with Crippen molar-refractivity contribution in [2.75, 3.05) is 19.6 Å². The van der Waals surface area contributed by atoms with E-state index in [1.54, 1.807) is 0 Å². The summed E-state index contributed by atoms with van der Waals surface area (Å²) < 4.78 is 0. The van der Waals surface area contributed by atoms with Gasteiger partial charge in [-0.1, -0.05) is 36.4 Å². The number of nitrogens with zero attached hydrogens (tertiary/aromatic N) is 3. The lowest BCUT2D eigenvalue weighted by Crippen LogP contribution is -2.54. The van der Waals surface area contributed by atoms with Crippen LogP contribution in [0.4, 0.5) is 0 Å². The van der Waals surface area contributed by atoms with Gasteiger partial charge in [0.25, 0.3) is 0 Å². The molecule has 0 aliphatic carbocycles. The van der Waals surface area contributed by atoms with E-state index in [-0.39, 0.29) is 0 Å². The van der Waals surface area contributed by atoms with Crippen molar-refractivity contribution in [3.8, 4) is 0 Å². The molecule has 2 unspecified atom stereocenters. The summed E-state index contributed by atoms with van der Waals surface area (Å²) in [5.74, 6) is 0. The van der Waals surface area contributed by atoms with Crippen LogP contribution >= 0.6 is 0 Å². The minimum Gasteiger partial charge on any atom is -0.302 e. The molecule has 4 rings (SSSR count). The number of rotatable bonds is 5. The number of hydrogen-bond donors (Lipinski definition) is 0. The van der Waals surface area contributed by atoms with E-state index >= 15 is 0 Å². The van der Waals surface area contributed by atoms with Gasteiger partial charge < -0.3 is 4.90 Å². The third-order valence-electron chi connectivity index (χ3n) is 5.31. The summed E-state index contributed by atoms with van der Waals surface area (Å²) in [5.41, 5.74) is 2.77. The van der Waals surface area contributed by atoms with Crippen molar-refractivity contribution >= 4 is 0 Å². The van der Waals surface area contributed by atoms with Gasteiger partial charge in [-0.3, -0.25) is 9.88 Å². The summed E-state index contributed by atoms with van der Waals surface area (Å²) in [6, 6.07) is 16.4. The van der Waals surface area contributed by atoms with Crippen LogP contribution in [0.3, 0.4) is 0 Å². The molecule has 0 spiro atoms. The van der Waals surface area contributed by atoms with Crippen LogP contribution in [0.15, 0.2) is 54.9 Å². The summed E-state index contributed by atoms with van der Waals surface area (Å²) in [5, 5.41) is 0. The number of aromatic nitrogens is 1. The van der Waals surface area contributed by atoms with Gasteiger partial charge in [-0.2, -0.15) is 0 Å². The second-order valence-electron chi connectivity index (χ2n) is 6.86. The fourth-order valence-corrected chi connectivity index (χ4v) is 4.02. The Hall–Kier alpha value is -1.71. The molecule has 3 heterocycles. The maximum Gasteiger partial charge on any atom is 0.0385 e. The van der Waals surface area contributed by atoms with E-state index in [1.807, 2.05) is 12.4 Å². The fourth-order valence-electron chi connectivity index (χ4n) is 4.02. The highest BCUT2D eigenvalue weighted by Crippen LogP contribution is 2.40. The zero-order valence-electron chi connectivity index (χ0n) is 13.6. The average Bonchev–Trinajstić information content (AvgIpc) is 3.11. The Bertz CT molecular complexity index is 607. The second kappa shape index (κ2) is 6.81. The number of benzene rings is 1. The van der Waals surface area contributed by atoms with Gasteiger partial charge in [0.05, 0.1) is 0 Å². The molecule has 23 heavy (non-hydrogen) atoms. The summed E-state index contributed by atoms with van der Waals surface area (Å²) in [7, 11) is 0. The summed E-state index contributed by atoms with van der Waals surface area (Å²) in [6.45, 7) is 4.84. The van der Waals surface area contributed by atoms with Gasteiger partial charge in [-0.25, -0.2) is 0 Å². The monoisotopic (exact) mass is 307 g/mol. The van der Waals surface area contributed by atoms with Crippen LogP contribution in [0.5, 0.6) is 0 Å². The first-order valence-corrected chi connectivity index (χ1v) is 8.82. The van der Waals surface area contributed by atoms with Crippen LogP contribution in [-0.2, 0) is 6.54 Å². The van der Waals surface area contributed by atoms with Gasteiger partial charge in [0, 0.05) is 37.6 Å². The van der Waals surface area contributed by atoms with E-state index in [0.29, 0.717) is 12.1 Å². The molecule has 3 nitrogen and oxygen atoms in total. The predicted octanol–water partition coefficient (Wildman–Crippen LogP) is 3.49. The smallest absolute Gasteiger partial charge is 0.0385 e. The Morgan fingerprint density at radius 3 is 2.57 bits per heavy atom. The zero-order chi connectivity index (χ0) is 15.5. The maximum atomic E-state index is 4.32. The van der Waals surface area contributed by atoms with Crippen LogP contribution in [-0.4, -0.2) is 40.5 Å². The lowest BCUT2D eigenvalue weighted by Gasteiger charge is -2.50. The molecule has 0 radical (unpaired) electrons. The topological polar surface area (TPSA) is 19.4 Å².